The molecule has 1 saturated heterocycles. The van der Waals surface area contributed by atoms with Crippen molar-refractivity contribution in [3.63, 3.8) is 0 Å². The molecule has 136 valence electrons. The number of morpholine rings is 1. The minimum Gasteiger partial charge on any atom is -0.465 e. The predicted molar refractivity (Wildman–Crippen MR) is 99.9 cm³/mol. The van der Waals surface area contributed by atoms with E-state index >= 15 is 0 Å². The average molecular weight is 354 g/mol. The van der Waals surface area contributed by atoms with Crippen molar-refractivity contribution < 1.29 is 19.1 Å². The number of amides is 1. The maximum absolute atomic E-state index is 12.5. The van der Waals surface area contributed by atoms with E-state index in [1.807, 2.05) is 12.1 Å². The number of ether oxygens (including phenoxy) is 2. The maximum Gasteiger partial charge on any atom is 0.338 e. The highest BCUT2D eigenvalue weighted by Crippen LogP contribution is 2.21. The first kappa shape index (κ1) is 17.9. The summed E-state index contributed by atoms with van der Waals surface area (Å²) < 4.78 is 10.1. The number of nitrogens with zero attached hydrogens (tertiary/aromatic N) is 1. The Balaban J connectivity index is 1.73. The van der Waals surface area contributed by atoms with Gasteiger partial charge in [-0.05, 0) is 48.9 Å². The number of rotatable bonds is 4. The Morgan fingerprint density at radius 2 is 1.77 bits per heavy atom. The lowest BCUT2D eigenvalue weighted by molar-refractivity contribution is 0.0599. The molecule has 1 aliphatic rings. The summed E-state index contributed by atoms with van der Waals surface area (Å²) in [5.41, 5.74) is 3.35. The Bertz CT molecular complexity index is 796. The molecule has 0 bridgehead atoms. The molecule has 26 heavy (non-hydrogen) atoms. The standard InChI is InChI=1S/C20H22N2O4/c1-14-17(20(24)25-2)4-3-5-18(14)21-19(23)15-6-8-16(9-7-15)22-10-12-26-13-11-22/h3-9H,10-13H2,1-2H3,(H,21,23). The lowest BCUT2D eigenvalue weighted by Crippen LogP contribution is -2.36. The van der Waals surface area contributed by atoms with E-state index in [9.17, 15) is 9.59 Å². The summed E-state index contributed by atoms with van der Waals surface area (Å²) in [4.78, 5) is 26.6. The largest absolute Gasteiger partial charge is 0.465 e. The molecule has 0 saturated carbocycles. The number of carbonyl (C=O) groups excluding carboxylic acids is 2. The number of methoxy groups -OCH3 is 1. The minimum atomic E-state index is -0.423. The van der Waals surface area contributed by atoms with E-state index in [4.69, 9.17) is 9.47 Å². The van der Waals surface area contributed by atoms with Crippen LogP contribution in [0.3, 0.4) is 0 Å². The molecule has 2 aromatic rings. The third-order valence-corrected chi connectivity index (χ3v) is 4.49. The van der Waals surface area contributed by atoms with Crippen LogP contribution in [0, 0.1) is 6.92 Å². The van der Waals surface area contributed by atoms with E-state index in [0.717, 1.165) is 32.0 Å². The van der Waals surface area contributed by atoms with E-state index in [2.05, 4.69) is 10.2 Å². The fraction of sp³-hybridized carbons (Fsp3) is 0.300. The lowest BCUT2D eigenvalue weighted by atomic mass is 10.1. The summed E-state index contributed by atoms with van der Waals surface area (Å²) in [5, 5.41) is 2.86. The summed E-state index contributed by atoms with van der Waals surface area (Å²) in [6.07, 6.45) is 0. The van der Waals surface area contributed by atoms with Gasteiger partial charge in [-0.25, -0.2) is 4.79 Å². The van der Waals surface area contributed by atoms with Gasteiger partial charge in [0, 0.05) is 30.0 Å². The Hall–Kier alpha value is -2.86. The molecular formula is C20H22N2O4. The zero-order valence-corrected chi connectivity index (χ0v) is 15.0. The zero-order valence-electron chi connectivity index (χ0n) is 15.0. The fourth-order valence-corrected chi connectivity index (χ4v) is 2.94. The average Bonchev–Trinajstić information content (AvgIpc) is 2.69. The van der Waals surface area contributed by atoms with Crippen molar-refractivity contribution in [1.82, 2.24) is 0 Å². The van der Waals surface area contributed by atoms with Gasteiger partial charge in [0.15, 0.2) is 0 Å². The van der Waals surface area contributed by atoms with E-state index in [1.165, 1.54) is 7.11 Å². The van der Waals surface area contributed by atoms with Crippen molar-refractivity contribution in [1.29, 1.82) is 0 Å². The van der Waals surface area contributed by atoms with Crippen LogP contribution in [0.25, 0.3) is 0 Å². The summed E-state index contributed by atoms with van der Waals surface area (Å²) in [7, 11) is 1.34. The molecule has 1 amide bonds. The summed E-state index contributed by atoms with van der Waals surface area (Å²) in [6.45, 7) is 4.93. The Morgan fingerprint density at radius 3 is 2.42 bits per heavy atom. The SMILES string of the molecule is COC(=O)c1cccc(NC(=O)c2ccc(N3CCOCC3)cc2)c1C. The van der Waals surface area contributed by atoms with Crippen LogP contribution in [0.15, 0.2) is 42.5 Å². The number of hydrogen-bond donors (Lipinski definition) is 1. The van der Waals surface area contributed by atoms with E-state index < -0.39 is 5.97 Å². The van der Waals surface area contributed by atoms with Gasteiger partial charge >= 0.3 is 5.97 Å². The summed E-state index contributed by atoms with van der Waals surface area (Å²) in [5.74, 6) is -0.642. The Morgan fingerprint density at radius 1 is 1.08 bits per heavy atom. The van der Waals surface area contributed by atoms with Crippen molar-refractivity contribution in [2.45, 2.75) is 6.92 Å². The van der Waals surface area contributed by atoms with Crippen molar-refractivity contribution in [2.24, 2.45) is 0 Å². The molecule has 3 rings (SSSR count). The van der Waals surface area contributed by atoms with Crippen molar-refractivity contribution in [2.75, 3.05) is 43.6 Å². The van der Waals surface area contributed by atoms with Gasteiger partial charge in [0.25, 0.3) is 5.91 Å². The molecule has 1 aliphatic heterocycles. The van der Waals surface area contributed by atoms with Crippen LogP contribution >= 0.6 is 0 Å². The third-order valence-electron chi connectivity index (χ3n) is 4.49. The molecular weight excluding hydrogens is 332 g/mol. The molecule has 1 heterocycles. The zero-order chi connectivity index (χ0) is 18.5. The van der Waals surface area contributed by atoms with Gasteiger partial charge in [0.2, 0.25) is 0 Å². The van der Waals surface area contributed by atoms with E-state index in [-0.39, 0.29) is 5.91 Å². The topological polar surface area (TPSA) is 67.9 Å². The molecule has 6 heteroatoms. The molecule has 0 radical (unpaired) electrons. The van der Waals surface area contributed by atoms with Crippen LogP contribution in [-0.2, 0) is 9.47 Å². The van der Waals surface area contributed by atoms with Gasteiger partial charge in [0.05, 0.1) is 25.9 Å². The van der Waals surface area contributed by atoms with Crippen molar-refractivity contribution in [3.8, 4) is 0 Å². The summed E-state index contributed by atoms with van der Waals surface area (Å²) >= 11 is 0. The highest BCUT2D eigenvalue weighted by atomic mass is 16.5. The third kappa shape index (κ3) is 3.86. The minimum absolute atomic E-state index is 0.219. The monoisotopic (exact) mass is 354 g/mol. The highest BCUT2D eigenvalue weighted by molar-refractivity contribution is 6.05. The summed E-state index contributed by atoms with van der Waals surface area (Å²) in [6, 6.07) is 12.7. The van der Waals surface area contributed by atoms with Crippen LogP contribution < -0.4 is 10.2 Å². The van der Waals surface area contributed by atoms with Crippen LogP contribution in [-0.4, -0.2) is 45.3 Å². The molecule has 0 aliphatic carbocycles. The molecule has 2 aromatic carbocycles. The quantitative estimate of drug-likeness (QED) is 0.855. The molecule has 1 fully saturated rings. The van der Waals surface area contributed by atoms with Crippen LogP contribution in [0.1, 0.15) is 26.3 Å². The van der Waals surface area contributed by atoms with Gasteiger partial charge in [-0.3, -0.25) is 4.79 Å². The highest BCUT2D eigenvalue weighted by Gasteiger charge is 2.15. The molecule has 0 atom stereocenters. The number of nitrogens with one attached hydrogen (secondary N) is 1. The Labute approximate surface area is 152 Å². The van der Waals surface area contributed by atoms with Crippen molar-refractivity contribution >= 4 is 23.3 Å². The molecule has 1 N–H and O–H groups in total. The smallest absolute Gasteiger partial charge is 0.338 e. The fourth-order valence-electron chi connectivity index (χ4n) is 2.94. The van der Waals surface area contributed by atoms with Gasteiger partial charge < -0.3 is 19.7 Å². The van der Waals surface area contributed by atoms with Crippen LogP contribution in [0.4, 0.5) is 11.4 Å². The number of anilines is 2. The lowest BCUT2D eigenvalue weighted by Gasteiger charge is -2.28. The second-order valence-electron chi connectivity index (χ2n) is 6.07. The number of esters is 1. The first-order valence-corrected chi connectivity index (χ1v) is 8.52. The number of carbonyl (C=O) groups is 2. The number of hydrogen-bond acceptors (Lipinski definition) is 5. The molecule has 0 unspecified atom stereocenters. The first-order chi connectivity index (χ1) is 12.6. The van der Waals surface area contributed by atoms with Gasteiger partial charge in [-0.2, -0.15) is 0 Å². The predicted octanol–water partition coefficient (Wildman–Crippen LogP) is 2.87. The first-order valence-electron chi connectivity index (χ1n) is 8.52. The van der Waals surface area contributed by atoms with E-state index in [1.54, 1.807) is 37.3 Å². The molecule has 6 nitrogen and oxygen atoms in total. The second-order valence-corrected chi connectivity index (χ2v) is 6.07. The van der Waals surface area contributed by atoms with Gasteiger partial charge in [-0.1, -0.05) is 6.07 Å². The number of benzene rings is 2. The molecule has 0 aromatic heterocycles. The van der Waals surface area contributed by atoms with Gasteiger partial charge in [0.1, 0.15) is 0 Å². The second kappa shape index (κ2) is 8.01. The van der Waals surface area contributed by atoms with E-state index in [0.29, 0.717) is 22.4 Å². The van der Waals surface area contributed by atoms with Crippen LogP contribution in [0.5, 0.6) is 0 Å². The normalized spacial score (nSPS) is 14.0. The molecule has 0 spiro atoms. The maximum atomic E-state index is 12.5. The van der Waals surface area contributed by atoms with Crippen LogP contribution in [0.2, 0.25) is 0 Å². The van der Waals surface area contributed by atoms with Crippen molar-refractivity contribution in [3.05, 3.63) is 59.2 Å². The van der Waals surface area contributed by atoms with Gasteiger partial charge in [-0.15, -0.1) is 0 Å². The Kier molecular flexibility index (Phi) is 5.53.